The van der Waals surface area contributed by atoms with E-state index in [0.29, 0.717) is 5.39 Å². The number of aromatic amines is 1. The van der Waals surface area contributed by atoms with Gasteiger partial charge in [-0.1, -0.05) is 18.2 Å². The lowest BCUT2D eigenvalue weighted by Gasteiger charge is -2.56. The Balaban J connectivity index is 1.22. The summed E-state index contributed by atoms with van der Waals surface area (Å²) in [7, 11) is 0. The minimum absolute atomic E-state index is 0.0583. The van der Waals surface area contributed by atoms with Gasteiger partial charge in [-0.15, -0.1) is 0 Å². The maximum Gasteiger partial charge on any atom is 0.359 e. The molecular formula is C20H23N3O3. The fourth-order valence-electron chi connectivity index (χ4n) is 5.91. The number of benzene rings is 1. The molecular weight excluding hydrogens is 330 g/mol. The Kier molecular flexibility index (Phi) is 3.55. The molecule has 4 aliphatic carbocycles. The molecule has 0 spiro atoms. The van der Waals surface area contributed by atoms with Crippen molar-refractivity contribution in [1.82, 2.24) is 15.5 Å². The van der Waals surface area contributed by atoms with Gasteiger partial charge in [0.05, 0.1) is 5.52 Å². The van der Waals surface area contributed by atoms with Crippen molar-refractivity contribution < 1.29 is 14.3 Å². The molecule has 6 rings (SSSR count). The lowest BCUT2D eigenvalue weighted by molar-refractivity contribution is -0.130. The molecule has 6 heteroatoms. The van der Waals surface area contributed by atoms with E-state index in [4.69, 9.17) is 4.74 Å². The molecule has 4 bridgehead atoms. The van der Waals surface area contributed by atoms with Crippen molar-refractivity contribution >= 4 is 22.8 Å². The number of nitrogens with one attached hydrogen (secondary N) is 2. The van der Waals surface area contributed by atoms with Crippen LogP contribution in [0.3, 0.4) is 0 Å². The Labute approximate surface area is 151 Å². The van der Waals surface area contributed by atoms with Crippen LogP contribution in [0.25, 0.3) is 10.9 Å². The van der Waals surface area contributed by atoms with Crippen LogP contribution in [0.15, 0.2) is 24.3 Å². The SMILES string of the molecule is O=C(COC(=O)c1n[nH]c2ccccc12)NC12CC3CC(CC(C3)C1)C2. The Morgan fingerprint density at radius 3 is 2.46 bits per heavy atom. The molecule has 26 heavy (non-hydrogen) atoms. The summed E-state index contributed by atoms with van der Waals surface area (Å²) in [5.74, 6) is 1.53. The summed E-state index contributed by atoms with van der Waals surface area (Å²) in [4.78, 5) is 24.8. The fourth-order valence-corrected chi connectivity index (χ4v) is 5.91. The highest BCUT2D eigenvalue weighted by Gasteiger charge is 2.51. The van der Waals surface area contributed by atoms with Crippen molar-refractivity contribution in [1.29, 1.82) is 0 Å². The molecule has 4 fully saturated rings. The first-order valence-corrected chi connectivity index (χ1v) is 9.51. The van der Waals surface area contributed by atoms with Gasteiger partial charge in [0, 0.05) is 10.9 Å². The average molecular weight is 353 g/mol. The summed E-state index contributed by atoms with van der Waals surface area (Å²) in [5, 5.41) is 10.8. The zero-order valence-electron chi connectivity index (χ0n) is 14.7. The van der Waals surface area contributed by atoms with Gasteiger partial charge in [-0.05, 0) is 62.3 Å². The first kappa shape index (κ1) is 15.9. The Hall–Kier alpha value is -2.37. The number of ether oxygens (including phenoxy) is 1. The number of rotatable bonds is 4. The van der Waals surface area contributed by atoms with Crippen LogP contribution < -0.4 is 5.32 Å². The van der Waals surface area contributed by atoms with E-state index in [0.717, 1.165) is 42.5 Å². The van der Waals surface area contributed by atoms with Crippen molar-refractivity contribution in [3.8, 4) is 0 Å². The number of amides is 1. The maximum absolute atomic E-state index is 12.4. The number of esters is 1. The van der Waals surface area contributed by atoms with Gasteiger partial charge in [-0.25, -0.2) is 4.79 Å². The Morgan fingerprint density at radius 2 is 1.77 bits per heavy atom. The molecule has 0 aliphatic heterocycles. The van der Waals surface area contributed by atoms with E-state index in [1.807, 2.05) is 24.3 Å². The largest absolute Gasteiger partial charge is 0.451 e. The van der Waals surface area contributed by atoms with Gasteiger partial charge in [0.2, 0.25) is 0 Å². The molecule has 1 aromatic carbocycles. The number of carbonyl (C=O) groups is 2. The summed E-state index contributed by atoms with van der Waals surface area (Å²) in [6, 6.07) is 7.37. The summed E-state index contributed by atoms with van der Waals surface area (Å²) in [6.07, 6.45) is 7.25. The molecule has 0 radical (unpaired) electrons. The van der Waals surface area contributed by atoms with Gasteiger partial charge < -0.3 is 10.1 Å². The molecule has 4 saturated carbocycles. The topological polar surface area (TPSA) is 84.1 Å². The molecule has 4 aliphatic rings. The molecule has 1 heterocycles. The van der Waals surface area contributed by atoms with Crippen LogP contribution in [0, 0.1) is 17.8 Å². The predicted octanol–water partition coefficient (Wildman–Crippen LogP) is 2.80. The lowest BCUT2D eigenvalue weighted by Crippen LogP contribution is -2.60. The highest BCUT2D eigenvalue weighted by Crippen LogP contribution is 2.55. The maximum atomic E-state index is 12.4. The zero-order valence-corrected chi connectivity index (χ0v) is 14.7. The molecule has 1 amide bonds. The third kappa shape index (κ3) is 2.68. The third-order valence-electron chi connectivity index (χ3n) is 6.44. The molecule has 136 valence electrons. The van der Waals surface area contributed by atoms with Gasteiger partial charge in [0.15, 0.2) is 12.3 Å². The number of hydrogen-bond acceptors (Lipinski definition) is 4. The zero-order chi connectivity index (χ0) is 17.7. The molecule has 0 saturated heterocycles. The van der Waals surface area contributed by atoms with Crippen LogP contribution in [0.1, 0.15) is 49.0 Å². The van der Waals surface area contributed by atoms with Gasteiger partial charge in [-0.2, -0.15) is 5.10 Å². The first-order valence-electron chi connectivity index (χ1n) is 9.51. The first-order chi connectivity index (χ1) is 12.6. The van der Waals surface area contributed by atoms with Crippen molar-refractivity contribution in [2.24, 2.45) is 17.8 Å². The minimum Gasteiger partial charge on any atom is -0.451 e. The van der Waals surface area contributed by atoms with E-state index in [-0.39, 0.29) is 23.7 Å². The quantitative estimate of drug-likeness (QED) is 0.828. The second kappa shape index (κ2) is 5.83. The third-order valence-corrected chi connectivity index (χ3v) is 6.44. The van der Waals surface area contributed by atoms with E-state index < -0.39 is 5.97 Å². The van der Waals surface area contributed by atoms with Crippen LogP contribution >= 0.6 is 0 Å². The summed E-state index contributed by atoms with van der Waals surface area (Å²) in [6.45, 7) is -0.248. The van der Waals surface area contributed by atoms with E-state index in [1.165, 1.54) is 19.3 Å². The summed E-state index contributed by atoms with van der Waals surface area (Å²) < 4.78 is 5.24. The Morgan fingerprint density at radius 1 is 1.12 bits per heavy atom. The van der Waals surface area contributed by atoms with Gasteiger partial charge in [0.1, 0.15) is 0 Å². The number of carbonyl (C=O) groups excluding carboxylic acids is 2. The summed E-state index contributed by atoms with van der Waals surface area (Å²) in [5.41, 5.74) is 0.942. The van der Waals surface area contributed by atoms with Crippen LogP contribution in [0.2, 0.25) is 0 Å². The highest BCUT2D eigenvalue weighted by atomic mass is 16.5. The van der Waals surface area contributed by atoms with E-state index in [1.54, 1.807) is 0 Å². The van der Waals surface area contributed by atoms with E-state index in [9.17, 15) is 9.59 Å². The lowest BCUT2D eigenvalue weighted by atomic mass is 9.53. The van der Waals surface area contributed by atoms with Crippen molar-refractivity contribution in [3.05, 3.63) is 30.0 Å². The van der Waals surface area contributed by atoms with Gasteiger partial charge >= 0.3 is 5.97 Å². The second-order valence-electron chi connectivity index (χ2n) is 8.44. The van der Waals surface area contributed by atoms with E-state index in [2.05, 4.69) is 15.5 Å². The van der Waals surface area contributed by atoms with Crippen molar-refractivity contribution in [2.75, 3.05) is 6.61 Å². The molecule has 2 aromatic rings. The van der Waals surface area contributed by atoms with Gasteiger partial charge in [-0.3, -0.25) is 9.89 Å². The highest BCUT2D eigenvalue weighted by molar-refractivity contribution is 6.02. The molecule has 0 unspecified atom stereocenters. The predicted molar refractivity (Wildman–Crippen MR) is 95.4 cm³/mol. The van der Waals surface area contributed by atoms with Crippen molar-refractivity contribution in [2.45, 2.75) is 44.1 Å². The normalized spacial score (nSPS) is 31.9. The smallest absolute Gasteiger partial charge is 0.359 e. The number of hydrogen-bond donors (Lipinski definition) is 2. The monoisotopic (exact) mass is 353 g/mol. The molecule has 0 atom stereocenters. The van der Waals surface area contributed by atoms with Crippen LogP contribution in [-0.4, -0.2) is 34.2 Å². The molecule has 6 nitrogen and oxygen atoms in total. The van der Waals surface area contributed by atoms with Crippen LogP contribution in [-0.2, 0) is 9.53 Å². The van der Waals surface area contributed by atoms with E-state index >= 15 is 0 Å². The standard InChI is InChI=1S/C20H23N3O3/c24-17(21-20-8-12-5-13(9-20)7-14(6-12)10-20)11-26-19(25)18-15-3-1-2-4-16(15)22-23-18/h1-4,12-14H,5-11H2,(H,21,24)(H,22,23). The number of H-pyrrole nitrogens is 1. The Bertz CT molecular complexity index is 837. The molecule has 1 aromatic heterocycles. The average Bonchev–Trinajstić information content (AvgIpc) is 3.02. The number of fused-ring (bicyclic) bond motifs is 1. The second-order valence-corrected chi connectivity index (χ2v) is 8.44. The number of aromatic nitrogens is 2. The summed E-state index contributed by atoms with van der Waals surface area (Å²) >= 11 is 0. The minimum atomic E-state index is -0.567. The van der Waals surface area contributed by atoms with Crippen molar-refractivity contribution in [3.63, 3.8) is 0 Å². The van der Waals surface area contributed by atoms with Gasteiger partial charge in [0.25, 0.3) is 5.91 Å². The van der Waals surface area contributed by atoms with Crippen LogP contribution in [0.5, 0.6) is 0 Å². The van der Waals surface area contributed by atoms with Crippen LogP contribution in [0.4, 0.5) is 0 Å². The number of nitrogens with zero attached hydrogens (tertiary/aromatic N) is 1. The molecule has 2 N–H and O–H groups in total. The number of para-hydroxylation sites is 1. The fraction of sp³-hybridized carbons (Fsp3) is 0.550.